The Morgan fingerprint density at radius 3 is 2.41 bits per heavy atom. The zero-order valence-corrected chi connectivity index (χ0v) is 18.2. The van der Waals surface area contributed by atoms with E-state index in [1.807, 2.05) is 30.5 Å². The second kappa shape index (κ2) is 9.07. The SMILES string of the molecule is CN(c1ccccc1)S(=O)(=O)c1cccc(NC(=O)c2ccc(Cn3cccn3)cc2)c1. The molecule has 1 N–H and O–H groups in total. The van der Waals surface area contributed by atoms with Gasteiger partial charge in [0.2, 0.25) is 0 Å². The summed E-state index contributed by atoms with van der Waals surface area (Å²) in [6, 6.07) is 24.1. The van der Waals surface area contributed by atoms with E-state index < -0.39 is 10.0 Å². The zero-order valence-electron chi connectivity index (χ0n) is 17.4. The Balaban J connectivity index is 1.48. The second-order valence-corrected chi connectivity index (χ2v) is 9.16. The monoisotopic (exact) mass is 446 g/mol. The van der Waals surface area contributed by atoms with Crippen LogP contribution in [0.5, 0.6) is 0 Å². The van der Waals surface area contributed by atoms with Crippen LogP contribution in [0.4, 0.5) is 11.4 Å². The number of para-hydroxylation sites is 1. The van der Waals surface area contributed by atoms with E-state index in [0.29, 0.717) is 23.5 Å². The molecule has 8 heteroatoms. The Labute approximate surface area is 187 Å². The molecule has 0 spiro atoms. The third-order valence-corrected chi connectivity index (χ3v) is 6.77. The van der Waals surface area contributed by atoms with Crippen molar-refractivity contribution in [3.05, 3.63) is 108 Å². The van der Waals surface area contributed by atoms with Crippen molar-refractivity contribution in [2.75, 3.05) is 16.7 Å². The highest BCUT2D eigenvalue weighted by molar-refractivity contribution is 7.92. The first-order valence-corrected chi connectivity index (χ1v) is 11.4. The summed E-state index contributed by atoms with van der Waals surface area (Å²) in [5, 5.41) is 6.94. The van der Waals surface area contributed by atoms with Gasteiger partial charge in [0.05, 0.1) is 17.1 Å². The number of rotatable bonds is 7. The van der Waals surface area contributed by atoms with Gasteiger partial charge in [0.15, 0.2) is 0 Å². The first-order valence-electron chi connectivity index (χ1n) is 9.95. The van der Waals surface area contributed by atoms with Crippen LogP contribution in [0, 0.1) is 0 Å². The third-order valence-electron chi connectivity index (χ3n) is 4.99. The predicted molar refractivity (Wildman–Crippen MR) is 124 cm³/mol. The number of sulfonamides is 1. The first kappa shape index (κ1) is 21.3. The van der Waals surface area contributed by atoms with Crippen molar-refractivity contribution in [3.8, 4) is 0 Å². The van der Waals surface area contributed by atoms with Crippen molar-refractivity contribution in [3.63, 3.8) is 0 Å². The van der Waals surface area contributed by atoms with Gasteiger partial charge in [-0.2, -0.15) is 5.10 Å². The molecule has 0 saturated carbocycles. The minimum Gasteiger partial charge on any atom is -0.322 e. The number of amides is 1. The molecule has 0 unspecified atom stereocenters. The smallest absolute Gasteiger partial charge is 0.264 e. The second-order valence-electron chi connectivity index (χ2n) is 7.19. The van der Waals surface area contributed by atoms with Crippen LogP contribution in [0.25, 0.3) is 0 Å². The van der Waals surface area contributed by atoms with Crippen molar-refractivity contribution >= 4 is 27.3 Å². The van der Waals surface area contributed by atoms with E-state index in [4.69, 9.17) is 0 Å². The van der Waals surface area contributed by atoms with Gasteiger partial charge >= 0.3 is 0 Å². The van der Waals surface area contributed by atoms with E-state index >= 15 is 0 Å². The van der Waals surface area contributed by atoms with Crippen molar-refractivity contribution in [2.24, 2.45) is 0 Å². The lowest BCUT2D eigenvalue weighted by Gasteiger charge is -2.20. The maximum Gasteiger partial charge on any atom is 0.264 e. The highest BCUT2D eigenvalue weighted by Crippen LogP contribution is 2.24. The molecule has 0 radical (unpaired) electrons. The lowest BCUT2D eigenvalue weighted by atomic mass is 10.1. The van der Waals surface area contributed by atoms with Crippen LogP contribution in [0.3, 0.4) is 0 Å². The molecule has 1 heterocycles. The number of nitrogens with one attached hydrogen (secondary N) is 1. The summed E-state index contributed by atoms with van der Waals surface area (Å²) < 4.78 is 29.0. The number of benzene rings is 3. The van der Waals surface area contributed by atoms with Crippen molar-refractivity contribution in [2.45, 2.75) is 11.4 Å². The van der Waals surface area contributed by atoms with Crippen molar-refractivity contribution < 1.29 is 13.2 Å². The number of aromatic nitrogens is 2. The lowest BCUT2D eigenvalue weighted by Crippen LogP contribution is -2.26. The minimum atomic E-state index is -3.77. The fourth-order valence-electron chi connectivity index (χ4n) is 3.21. The van der Waals surface area contributed by atoms with Gasteiger partial charge in [-0.15, -0.1) is 0 Å². The summed E-state index contributed by atoms with van der Waals surface area (Å²) in [5.74, 6) is -0.318. The van der Waals surface area contributed by atoms with Crippen LogP contribution < -0.4 is 9.62 Å². The van der Waals surface area contributed by atoms with Gasteiger partial charge in [0.25, 0.3) is 15.9 Å². The van der Waals surface area contributed by atoms with Crippen LogP contribution in [0.1, 0.15) is 15.9 Å². The number of nitrogens with zero attached hydrogens (tertiary/aromatic N) is 3. The molecule has 4 rings (SSSR count). The van der Waals surface area contributed by atoms with Gasteiger partial charge < -0.3 is 5.32 Å². The summed E-state index contributed by atoms with van der Waals surface area (Å²) in [6.07, 6.45) is 3.59. The Hall–Kier alpha value is -3.91. The predicted octanol–water partition coefficient (Wildman–Crippen LogP) is 4.01. The maximum atomic E-state index is 13.0. The maximum absolute atomic E-state index is 13.0. The summed E-state index contributed by atoms with van der Waals surface area (Å²) in [5.41, 5.74) is 2.45. The molecule has 1 amide bonds. The van der Waals surface area contributed by atoms with E-state index in [1.54, 1.807) is 59.4 Å². The first-order chi connectivity index (χ1) is 15.4. The Kier molecular flexibility index (Phi) is 6.04. The molecule has 32 heavy (non-hydrogen) atoms. The van der Waals surface area contributed by atoms with E-state index in [2.05, 4.69) is 10.4 Å². The normalized spacial score (nSPS) is 11.2. The number of hydrogen-bond acceptors (Lipinski definition) is 4. The van der Waals surface area contributed by atoms with E-state index in [9.17, 15) is 13.2 Å². The molecule has 3 aromatic carbocycles. The lowest BCUT2D eigenvalue weighted by molar-refractivity contribution is 0.102. The molecule has 0 aliphatic rings. The van der Waals surface area contributed by atoms with Crippen molar-refractivity contribution in [1.82, 2.24) is 9.78 Å². The summed E-state index contributed by atoms with van der Waals surface area (Å²) in [7, 11) is -2.27. The Morgan fingerprint density at radius 2 is 1.72 bits per heavy atom. The van der Waals surface area contributed by atoms with Gasteiger partial charge in [-0.25, -0.2) is 8.42 Å². The molecular formula is C24H22N4O3S. The van der Waals surface area contributed by atoms with Gasteiger partial charge in [-0.3, -0.25) is 13.8 Å². The van der Waals surface area contributed by atoms with Gasteiger partial charge in [-0.1, -0.05) is 36.4 Å². The number of anilines is 2. The van der Waals surface area contributed by atoms with E-state index in [1.165, 1.54) is 23.5 Å². The van der Waals surface area contributed by atoms with Gasteiger partial charge in [-0.05, 0) is 54.1 Å². The van der Waals surface area contributed by atoms with Crippen LogP contribution in [0.2, 0.25) is 0 Å². The molecule has 162 valence electrons. The highest BCUT2D eigenvalue weighted by atomic mass is 32.2. The molecule has 7 nitrogen and oxygen atoms in total. The average molecular weight is 447 g/mol. The van der Waals surface area contributed by atoms with Crippen LogP contribution in [0.15, 0.2) is 102 Å². The molecule has 0 atom stereocenters. The van der Waals surface area contributed by atoms with E-state index in [0.717, 1.165) is 5.56 Å². The van der Waals surface area contributed by atoms with Crippen LogP contribution >= 0.6 is 0 Å². The van der Waals surface area contributed by atoms with Crippen LogP contribution in [-0.2, 0) is 16.6 Å². The van der Waals surface area contributed by atoms with E-state index in [-0.39, 0.29) is 10.8 Å². The summed E-state index contributed by atoms with van der Waals surface area (Å²) in [6.45, 7) is 0.615. The standard InChI is InChI=1S/C24H22N4O3S/c1-27(22-8-3-2-4-9-22)32(30,31)23-10-5-7-21(17-23)26-24(29)20-13-11-19(12-14-20)18-28-16-6-15-25-28/h2-17H,18H2,1H3,(H,26,29). The molecule has 0 fully saturated rings. The summed E-state index contributed by atoms with van der Waals surface area (Å²) >= 11 is 0. The molecule has 0 saturated heterocycles. The average Bonchev–Trinajstić information content (AvgIpc) is 3.33. The molecule has 0 aliphatic carbocycles. The minimum absolute atomic E-state index is 0.0937. The topological polar surface area (TPSA) is 84.3 Å². The fourth-order valence-corrected chi connectivity index (χ4v) is 4.46. The molecule has 0 bridgehead atoms. The largest absolute Gasteiger partial charge is 0.322 e. The van der Waals surface area contributed by atoms with Crippen molar-refractivity contribution in [1.29, 1.82) is 0 Å². The van der Waals surface area contributed by atoms with Crippen LogP contribution in [-0.4, -0.2) is 31.2 Å². The quantitative estimate of drug-likeness (QED) is 0.465. The highest BCUT2D eigenvalue weighted by Gasteiger charge is 2.21. The van der Waals surface area contributed by atoms with Gasteiger partial charge in [0, 0.05) is 30.7 Å². The zero-order chi connectivity index (χ0) is 22.6. The summed E-state index contributed by atoms with van der Waals surface area (Å²) in [4.78, 5) is 12.8. The molecule has 0 aliphatic heterocycles. The molecule has 4 aromatic rings. The molecular weight excluding hydrogens is 424 g/mol. The Bertz CT molecular complexity index is 1300. The Morgan fingerprint density at radius 1 is 0.969 bits per heavy atom. The molecule has 1 aromatic heterocycles. The number of carbonyl (C=O) groups is 1. The number of hydrogen-bond donors (Lipinski definition) is 1. The van der Waals surface area contributed by atoms with Gasteiger partial charge in [0.1, 0.15) is 0 Å². The number of carbonyl (C=O) groups excluding carboxylic acids is 1. The fraction of sp³-hybridized carbons (Fsp3) is 0.0833. The third kappa shape index (κ3) is 4.70.